The number of carbonyl (C=O) groups excluding carboxylic acids is 2. The van der Waals surface area contributed by atoms with Gasteiger partial charge in [-0.2, -0.15) is 4.98 Å². The summed E-state index contributed by atoms with van der Waals surface area (Å²) in [5.74, 6) is -0.652. The van der Waals surface area contributed by atoms with Gasteiger partial charge < -0.3 is 14.8 Å². The van der Waals surface area contributed by atoms with Gasteiger partial charge in [-0.3, -0.25) is 4.79 Å². The highest BCUT2D eigenvalue weighted by atomic mass is 19.1. The van der Waals surface area contributed by atoms with Gasteiger partial charge in [0.25, 0.3) is 5.91 Å². The van der Waals surface area contributed by atoms with Crippen LogP contribution in [0.15, 0.2) is 30.5 Å². The van der Waals surface area contributed by atoms with Crippen LogP contribution in [0.3, 0.4) is 0 Å². The lowest BCUT2D eigenvalue weighted by Gasteiger charge is -2.15. The number of nitrogens with zero attached hydrogens (tertiary/aromatic N) is 3. The Bertz CT molecular complexity index is 856. The van der Waals surface area contributed by atoms with E-state index in [1.54, 1.807) is 13.8 Å². The van der Waals surface area contributed by atoms with Crippen molar-refractivity contribution in [1.82, 2.24) is 15.3 Å². The van der Waals surface area contributed by atoms with Crippen molar-refractivity contribution in [3.63, 3.8) is 0 Å². The number of nitrogens with one attached hydrogen (secondary N) is 1. The van der Waals surface area contributed by atoms with E-state index < -0.39 is 23.3 Å². The van der Waals surface area contributed by atoms with Crippen molar-refractivity contribution in [3.05, 3.63) is 36.3 Å². The highest BCUT2D eigenvalue weighted by Crippen LogP contribution is 2.28. The van der Waals surface area contributed by atoms with Gasteiger partial charge in [0.05, 0.1) is 7.11 Å². The third-order valence-electron chi connectivity index (χ3n) is 3.54. The molecule has 9 heteroatoms. The minimum atomic E-state index is -1.02. The Labute approximate surface area is 142 Å². The molecule has 130 valence electrons. The van der Waals surface area contributed by atoms with Crippen LogP contribution in [-0.4, -0.2) is 34.6 Å². The SMILES string of the molecule is COc1cc(Oc2nccc(N3C(=O)NC(C)(C)C3=O)n2)ccc1F. The summed E-state index contributed by atoms with van der Waals surface area (Å²) in [5, 5.41) is 2.56. The molecule has 1 fully saturated rings. The Hall–Kier alpha value is -3.23. The van der Waals surface area contributed by atoms with E-state index in [-0.39, 0.29) is 23.3 Å². The predicted octanol–water partition coefficient (Wildman–Crippen LogP) is 2.25. The third-order valence-corrected chi connectivity index (χ3v) is 3.54. The van der Waals surface area contributed by atoms with E-state index in [9.17, 15) is 14.0 Å². The van der Waals surface area contributed by atoms with Crippen LogP contribution in [0.25, 0.3) is 0 Å². The highest BCUT2D eigenvalue weighted by molar-refractivity contribution is 6.22. The predicted molar refractivity (Wildman–Crippen MR) is 85.2 cm³/mol. The van der Waals surface area contributed by atoms with Crippen molar-refractivity contribution in [1.29, 1.82) is 0 Å². The molecule has 3 amide bonds. The second-order valence-electron chi connectivity index (χ2n) is 5.79. The number of ether oxygens (including phenoxy) is 2. The normalized spacial score (nSPS) is 15.9. The zero-order chi connectivity index (χ0) is 18.2. The van der Waals surface area contributed by atoms with Gasteiger partial charge in [-0.25, -0.2) is 19.1 Å². The number of carbonyl (C=O) groups is 2. The molecule has 0 radical (unpaired) electrons. The maximum atomic E-state index is 13.4. The van der Waals surface area contributed by atoms with Crippen molar-refractivity contribution in [2.24, 2.45) is 0 Å². The summed E-state index contributed by atoms with van der Waals surface area (Å²) in [6, 6.07) is 4.63. The Morgan fingerprint density at radius 3 is 2.64 bits per heavy atom. The van der Waals surface area contributed by atoms with Crippen LogP contribution in [-0.2, 0) is 4.79 Å². The van der Waals surface area contributed by atoms with Gasteiger partial charge in [-0.05, 0) is 26.0 Å². The smallest absolute Gasteiger partial charge is 0.330 e. The van der Waals surface area contributed by atoms with Crippen LogP contribution in [0.5, 0.6) is 17.5 Å². The number of halogens is 1. The van der Waals surface area contributed by atoms with E-state index in [0.29, 0.717) is 0 Å². The first kappa shape index (κ1) is 16.6. The summed E-state index contributed by atoms with van der Waals surface area (Å²) in [5.41, 5.74) is -1.02. The molecule has 1 aromatic carbocycles. The number of anilines is 1. The monoisotopic (exact) mass is 346 g/mol. The molecule has 0 aliphatic carbocycles. The van der Waals surface area contributed by atoms with Gasteiger partial charge in [0.15, 0.2) is 17.4 Å². The molecule has 2 heterocycles. The van der Waals surface area contributed by atoms with Crippen molar-refractivity contribution in [2.45, 2.75) is 19.4 Å². The Kier molecular flexibility index (Phi) is 3.99. The molecule has 0 bridgehead atoms. The van der Waals surface area contributed by atoms with Crippen molar-refractivity contribution >= 4 is 17.8 Å². The Balaban J connectivity index is 1.88. The molecule has 1 aliphatic rings. The Morgan fingerprint density at radius 2 is 2.00 bits per heavy atom. The number of benzene rings is 1. The molecule has 1 aliphatic heterocycles. The number of hydrogen-bond donors (Lipinski definition) is 1. The molecule has 1 N–H and O–H groups in total. The first-order chi connectivity index (χ1) is 11.8. The molecule has 1 saturated heterocycles. The van der Waals surface area contributed by atoms with E-state index in [0.717, 1.165) is 4.90 Å². The van der Waals surface area contributed by atoms with E-state index >= 15 is 0 Å². The van der Waals surface area contributed by atoms with Crippen LogP contribution in [0.4, 0.5) is 15.0 Å². The average Bonchev–Trinajstić information content (AvgIpc) is 2.77. The number of amides is 3. The van der Waals surface area contributed by atoms with Crippen LogP contribution in [0.2, 0.25) is 0 Å². The lowest BCUT2D eigenvalue weighted by atomic mass is 10.1. The summed E-state index contributed by atoms with van der Waals surface area (Å²) < 4.78 is 23.8. The van der Waals surface area contributed by atoms with Crippen LogP contribution >= 0.6 is 0 Å². The number of imide groups is 1. The average molecular weight is 346 g/mol. The van der Waals surface area contributed by atoms with E-state index in [1.165, 1.54) is 37.6 Å². The standard InChI is InChI=1S/C16H15FN4O4/c1-16(2)13(22)21(15(23)20-16)12-6-7-18-14(19-12)25-9-4-5-10(17)11(8-9)24-3/h4-8H,1-3H3,(H,20,23). The van der Waals surface area contributed by atoms with Gasteiger partial charge in [0.2, 0.25) is 0 Å². The van der Waals surface area contributed by atoms with E-state index in [4.69, 9.17) is 9.47 Å². The maximum Gasteiger partial charge on any atom is 0.330 e. The first-order valence-corrected chi connectivity index (χ1v) is 7.33. The van der Waals surface area contributed by atoms with Crippen molar-refractivity contribution < 1.29 is 23.5 Å². The molecule has 8 nitrogen and oxygen atoms in total. The van der Waals surface area contributed by atoms with E-state index in [2.05, 4.69) is 15.3 Å². The summed E-state index contributed by atoms with van der Waals surface area (Å²) in [6.07, 6.45) is 1.35. The molecular weight excluding hydrogens is 331 g/mol. The van der Waals surface area contributed by atoms with Gasteiger partial charge in [0.1, 0.15) is 11.3 Å². The topological polar surface area (TPSA) is 93.7 Å². The highest BCUT2D eigenvalue weighted by Gasteiger charge is 2.45. The molecule has 2 aromatic rings. The van der Waals surface area contributed by atoms with Gasteiger partial charge in [-0.15, -0.1) is 0 Å². The second kappa shape index (κ2) is 6.00. The van der Waals surface area contributed by atoms with Crippen LogP contribution < -0.4 is 19.7 Å². The fourth-order valence-corrected chi connectivity index (χ4v) is 2.27. The summed E-state index contributed by atoms with van der Waals surface area (Å²) in [6.45, 7) is 3.19. The van der Waals surface area contributed by atoms with Gasteiger partial charge in [0, 0.05) is 18.3 Å². The van der Waals surface area contributed by atoms with Gasteiger partial charge in [-0.1, -0.05) is 0 Å². The number of rotatable bonds is 4. The Morgan fingerprint density at radius 1 is 1.24 bits per heavy atom. The van der Waals surface area contributed by atoms with Gasteiger partial charge >= 0.3 is 12.0 Å². The zero-order valence-electron chi connectivity index (χ0n) is 13.7. The summed E-state index contributed by atoms with van der Waals surface area (Å²) in [7, 11) is 1.33. The lowest BCUT2D eigenvalue weighted by molar-refractivity contribution is -0.121. The van der Waals surface area contributed by atoms with Crippen LogP contribution in [0, 0.1) is 5.82 Å². The molecule has 0 atom stereocenters. The molecule has 0 spiro atoms. The minimum Gasteiger partial charge on any atom is -0.494 e. The molecular formula is C16H15FN4O4. The fraction of sp³-hybridized carbons (Fsp3) is 0.250. The molecule has 25 heavy (non-hydrogen) atoms. The second-order valence-corrected chi connectivity index (χ2v) is 5.79. The largest absolute Gasteiger partial charge is 0.494 e. The molecule has 0 unspecified atom stereocenters. The number of aromatic nitrogens is 2. The van der Waals surface area contributed by atoms with Crippen LogP contribution in [0.1, 0.15) is 13.8 Å². The summed E-state index contributed by atoms with van der Waals surface area (Å²) >= 11 is 0. The molecule has 3 rings (SSSR count). The molecule has 0 saturated carbocycles. The zero-order valence-corrected chi connectivity index (χ0v) is 13.7. The van der Waals surface area contributed by atoms with E-state index in [1.807, 2.05) is 0 Å². The van der Waals surface area contributed by atoms with Crippen molar-refractivity contribution in [2.75, 3.05) is 12.0 Å². The number of urea groups is 1. The fourth-order valence-electron chi connectivity index (χ4n) is 2.27. The molecule has 1 aromatic heterocycles. The minimum absolute atomic E-state index is 0.00417. The maximum absolute atomic E-state index is 13.4. The number of methoxy groups -OCH3 is 1. The quantitative estimate of drug-likeness (QED) is 0.854. The lowest BCUT2D eigenvalue weighted by Crippen LogP contribution is -2.40. The number of hydrogen-bond acceptors (Lipinski definition) is 6. The third kappa shape index (κ3) is 3.08. The van der Waals surface area contributed by atoms with Crippen molar-refractivity contribution in [3.8, 4) is 17.5 Å². The first-order valence-electron chi connectivity index (χ1n) is 7.33. The summed E-state index contributed by atoms with van der Waals surface area (Å²) in [4.78, 5) is 33.3.